The Morgan fingerprint density at radius 2 is 2.24 bits per heavy atom. The first-order chi connectivity index (χ1) is 10.2. The van der Waals surface area contributed by atoms with Crippen molar-refractivity contribution in [2.24, 2.45) is 12.5 Å². The molecule has 0 radical (unpaired) electrons. The second kappa shape index (κ2) is 6.03. The molecule has 1 saturated heterocycles. The van der Waals surface area contributed by atoms with Crippen molar-refractivity contribution in [3.05, 3.63) is 42.4 Å². The third-order valence-corrected chi connectivity index (χ3v) is 4.38. The Labute approximate surface area is 125 Å². The van der Waals surface area contributed by atoms with E-state index in [9.17, 15) is 0 Å². The third-order valence-electron chi connectivity index (χ3n) is 4.38. The zero-order chi connectivity index (χ0) is 14.7. The van der Waals surface area contributed by atoms with E-state index in [0.29, 0.717) is 0 Å². The highest BCUT2D eigenvalue weighted by Crippen LogP contribution is 2.30. The van der Waals surface area contributed by atoms with E-state index < -0.39 is 0 Å². The smallest absolute Gasteiger partial charge is 0.133 e. The fourth-order valence-corrected chi connectivity index (χ4v) is 2.82. The Kier molecular flexibility index (Phi) is 4.12. The van der Waals surface area contributed by atoms with Crippen LogP contribution in [0, 0.1) is 5.41 Å². The summed E-state index contributed by atoms with van der Waals surface area (Å²) in [6, 6.07) is 3.90. The van der Waals surface area contributed by atoms with Gasteiger partial charge in [-0.3, -0.25) is 0 Å². The van der Waals surface area contributed by atoms with Gasteiger partial charge in [0.15, 0.2) is 0 Å². The van der Waals surface area contributed by atoms with Crippen LogP contribution in [0.3, 0.4) is 0 Å². The van der Waals surface area contributed by atoms with Crippen molar-refractivity contribution in [3.8, 4) is 0 Å². The van der Waals surface area contributed by atoms with Gasteiger partial charge in [-0.1, -0.05) is 6.92 Å². The molecule has 3 heterocycles. The van der Waals surface area contributed by atoms with E-state index in [4.69, 9.17) is 9.15 Å². The molecule has 1 N–H and O–H groups in total. The Balaban J connectivity index is 1.76. The number of hydrogen-bond donors (Lipinski definition) is 1. The average Bonchev–Trinajstić information content (AvgIpc) is 3.13. The highest BCUT2D eigenvalue weighted by Gasteiger charge is 2.30. The first-order valence-corrected chi connectivity index (χ1v) is 7.50. The van der Waals surface area contributed by atoms with Crippen molar-refractivity contribution in [2.45, 2.75) is 25.8 Å². The third kappa shape index (κ3) is 3.19. The van der Waals surface area contributed by atoms with E-state index in [1.54, 1.807) is 6.26 Å². The van der Waals surface area contributed by atoms with Gasteiger partial charge >= 0.3 is 0 Å². The fourth-order valence-electron chi connectivity index (χ4n) is 2.82. The molecule has 0 spiro atoms. The average molecular weight is 289 g/mol. The number of imidazole rings is 1. The number of ether oxygens (including phenoxy) is 1. The van der Waals surface area contributed by atoms with Gasteiger partial charge in [0.05, 0.1) is 6.26 Å². The van der Waals surface area contributed by atoms with Crippen LogP contribution in [-0.4, -0.2) is 29.3 Å². The lowest BCUT2D eigenvalue weighted by Crippen LogP contribution is -2.39. The second-order valence-corrected chi connectivity index (χ2v) is 6.15. The molecule has 114 valence electrons. The van der Waals surface area contributed by atoms with Gasteiger partial charge in [0.1, 0.15) is 17.6 Å². The van der Waals surface area contributed by atoms with Crippen molar-refractivity contribution in [2.75, 3.05) is 19.8 Å². The van der Waals surface area contributed by atoms with E-state index in [2.05, 4.69) is 17.2 Å². The lowest BCUT2D eigenvalue weighted by molar-refractivity contribution is 0.0230. The molecule has 1 atom stereocenters. The summed E-state index contributed by atoms with van der Waals surface area (Å²) >= 11 is 0. The van der Waals surface area contributed by atoms with Gasteiger partial charge in [-0.25, -0.2) is 4.98 Å². The first-order valence-electron chi connectivity index (χ1n) is 7.50. The predicted octanol–water partition coefficient (Wildman–Crippen LogP) is 2.51. The fraction of sp³-hybridized carbons (Fsp3) is 0.562. The maximum absolute atomic E-state index is 5.61. The minimum Gasteiger partial charge on any atom is -0.467 e. The van der Waals surface area contributed by atoms with Gasteiger partial charge in [0.2, 0.25) is 0 Å². The van der Waals surface area contributed by atoms with E-state index in [0.717, 1.165) is 44.2 Å². The van der Waals surface area contributed by atoms with Gasteiger partial charge < -0.3 is 19.0 Å². The number of rotatable bonds is 5. The minimum atomic E-state index is -0.0142. The Morgan fingerprint density at radius 1 is 1.43 bits per heavy atom. The number of nitrogens with zero attached hydrogens (tertiary/aromatic N) is 2. The van der Waals surface area contributed by atoms with Gasteiger partial charge in [-0.2, -0.15) is 0 Å². The van der Waals surface area contributed by atoms with Crippen LogP contribution in [0.4, 0.5) is 0 Å². The van der Waals surface area contributed by atoms with Crippen molar-refractivity contribution in [1.82, 2.24) is 14.9 Å². The molecule has 21 heavy (non-hydrogen) atoms. The summed E-state index contributed by atoms with van der Waals surface area (Å²) in [5.74, 6) is 1.88. The van der Waals surface area contributed by atoms with Crippen LogP contribution in [-0.2, 0) is 11.8 Å². The summed E-state index contributed by atoms with van der Waals surface area (Å²) in [5, 5.41) is 3.64. The van der Waals surface area contributed by atoms with Crippen LogP contribution in [0.2, 0.25) is 0 Å². The van der Waals surface area contributed by atoms with Gasteiger partial charge in [-0.05, 0) is 30.4 Å². The Bertz CT molecular complexity index is 556. The summed E-state index contributed by atoms with van der Waals surface area (Å²) in [5.41, 5.74) is 0.272. The van der Waals surface area contributed by atoms with Gasteiger partial charge in [-0.15, -0.1) is 0 Å². The molecular weight excluding hydrogens is 266 g/mol. The highest BCUT2D eigenvalue weighted by molar-refractivity contribution is 5.15. The second-order valence-electron chi connectivity index (χ2n) is 6.15. The van der Waals surface area contributed by atoms with Crippen LogP contribution in [0.25, 0.3) is 0 Å². The summed E-state index contributed by atoms with van der Waals surface area (Å²) in [6.07, 6.45) is 7.67. The summed E-state index contributed by atoms with van der Waals surface area (Å²) < 4.78 is 13.1. The van der Waals surface area contributed by atoms with Crippen LogP contribution in [0.5, 0.6) is 0 Å². The number of aryl methyl sites for hydroxylation is 1. The molecule has 0 saturated carbocycles. The molecule has 1 aliphatic heterocycles. The van der Waals surface area contributed by atoms with Crippen LogP contribution < -0.4 is 5.32 Å². The molecule has 5 heteroatoms. The topological polar surface area (TPSA) is 52.2 Å². The van der Waals surface area contributed by atoms with E-state index >= 15 is 0 Å². The first kappa shape index (κ1) is 14.4. The molecular formula is C16H23N3O2. The van der Waals surface area contributed by atoms with Crippen molar-refractivity contribution < 1.29 is 9.15 Å². The predicted molar refractivity (Wildman–Crippen MR) is 79.9 cm³/mol. The maximum Gasteiger partial charge on any atom is 0.133 e. The molecule has 3 rings (SSSR count). The molecule has 0 aliphatic carbocycles. The molecule has 1 fully saturated rings. The zero-order valence-corrected chi connectivity index (χ0v) is 12.7. The number of furan rings is 1. The molecule has 2 aromatic heterocycles. The molecule has 0 amide bonds. The van der Waals surface area contributed by atoms with Gasteiger partial charge in [0.25, 0.3) is 0 Å². The maximum atomic E-state index is 5.61. The monoisotopic (exact) mass is 289 g/mol. The lowest BCUT2D eigenvalue weighted by atomic mass is 9.82. The van der Waals surface area contributed by atoms with Crippen molar-refractivity contribution >= 4 is 0 Å². The summed E-state index contributed by atoms with van der Waals surface area (Å²) in [4.78, 5) is 4.47. The number of hydrogen-bond acceptors (Lipinski definition) is 4. The van der Waals surface area contributed by atoms with Crippen LogP contribution in [0.15, 0.2) is 35.2 Å². The Hall–Kier alpha value is -1.59. The minimum absolute atomic E-state index is 0.0142. The summed E-state index contributed by atoms with van der Waals surface area (Å²) in [6.45, 7) is 4.95. The SMILES string of the molecule is Cn1ccnc1C(NCC1(C)CCOCC1)c1ccco1. The summed E-state index contributed by atoms with van der Waals surface area (Å²) in [7, 11) is 2.01. The zero-order valence-electron chi connectivity index (χ0n) is 12.7. The van der Waals surface area contributed by atoms with Crippen LogP contribution in [0.1, 0.15) is 37.4 Å². The standard InChI is InChI=1S/C16H23N3O2/c1-16(5-10-20-11-6-16)12-18-14(13-4-3-9-21-13)15-17-7-8-19(15)2/h3-4,7-9,14,18H,5-6,10-12H2,1-2H3. The van der Waals surface area contributed by atoms with Gasteiger partial charge in [0, 0.05) is 39.2 Å². The largest absolute Gasteiger partial charge is 0.467 e. The molecule has 1 aliphatic rings. The normalized spacial score (nSPS) is 19.5. The molecule has 5 nitrogen and oxygen atoms in total. The molecule has 1 unspecified atom stereocenters. The Morgan fingerprint density at radius 3 is 2.86 bits per heavy atom. The highest BCUT2D eigenvalue weighted by atomic mass is 16.5. The molecule has 2 aromatic rings. The van der Waals surface area contributed by atoms with E-state index in [1.165, 1.54) is 0 Å². The molecule has 0 aromatic carbocycles. The van der Waals surface area contributed by atoms with E-state index in [1.807, 2.05) is 36.1 Å². The van der Waals surface area contributed by atoms with Crippen molar-refractivity contribution in [3.63, 3.8) is 0 Å². The van der Waals surface area contributed by atoms with Crippen LogP contribution >= 0.6 is 0 Å². The quantitative estimate of drug-likeness (QED) is 0.919. The lowest BCUT2D eigenvalue weighted by Gasteiger charge is -2.34. The number of aromatic nitrogens is 2. The van der Waals surface area contributed by atoms with Crippen molar-refractivity contribution in [1.29, 1.82) is 0 Å². The molecule has 0 bridgehead atoms. The number of nitrogens with one attached hydrogen (secondary N) is 1. The van der Waals surface area contributed by atoms with E-state index in [-0.39, 0.29) is 11.5 Å².